The Bertz CT molecular complexity index is 403. The lowest BCUT2D eigenvalue weighted by Crippen LogP contribution is -2.33. The predicted molar refractivity (Wildman–Crippen MR) is 66.7 cm³/mol. The molecule has 0 saturated heterocycles. The van der Waals surface area contributed by atoms with E-state index in [0.717, 1.165) is 19.3 Å². The van der Waals surface area contributed by atoms with Gasteiger partial charge in [0, 0.05) is 12.5 Å². The molecule has 1 aliphatic carbocycles. The number of hydrogen-bond donors (Lipinski definition) is 1. The minimum atomic E-state index is -0.153. The molecule has 2 rings (SSSR count). The fourth-order valence-corrected chi connectivity index (χ4v) is 2.62. The van der Waals surface area contributed by atoms with E-state index in [-0.39, 0.29) is 12.0 Å². The number of ether oxygens (including phenoxy) is 1. The van der Waals surface area contributed by atoms with Gasteiger partial charge in [0.05, 0.1) is 7.11 Å². The van der Waals surface area contributed by atoms with Crippen molar-refractivity contribution in [3.8, 4) is 0 Å². The lowest BCUT2D eigenvalue weighted by Gasteiger charge is -2.31. The van der Waals surface area contributed by atoms with Crippen molar-refractivity contribution in [2.45, 2.75) is 37.6 Å². The summed E-state index contributed by atoms with van der Waals surface area (Å²) in [5.74, 6) is 0.138. The van der Waals surface area contributed by atoms with Gasteiger partial charge in [-0.3, -0.25) is 4.79 Å². The van der Waals surface area contributed by atoms with Gasteiger partial charge in [-0.2, -0.15) is 0 Å². The molecule has 2 N–H and O–H groups in total. The van der Waals surface area contributed by atoms with E-state index < -0.39 is 0 Å². The smallest absolute Gasteiger partial charge is 0.305 e. The maximum absolute atomic E-state index is 11.2. The number of carbonyl (C=O) groups excluding carboxylic acids is 1. The van der Waals surface area contributed by atoms with Crippen LogP contribution >= 0.6 is 0 Å². The number of benzene rings is 1. The molecular formula is C14H19NO2. The molecule has 0 aromatic heterocycles. The highest BCUT2D eigenvalue weighted by Gasteiger charge is 2.26. The molecule has 3 heteroatoms. The number of carbonyl (C=O) groups is 1. The first-order valence-corrected chi connectivity index (χ1v) is 6.12. The highest BCUT2D eigenvalue weighted by Crippen LogP contribution is 2.33. The Balaban J connectivity index is 2.12. The van der Waals surface area contributed by atoms with Crippen molar-refractivity contribution in [2.75, 3.05) is 7.11 Å². The summed E-state index contributed by atoms with van der Waals surface area (Å²) in [6.45, 7) is 0. The number of methoxy groups -OCH3 is 1. The first kappa shape index (κ1) is 12.1. The maximum Gasteiger partial charge on any atom is 0.305 e. The third-order valence-electron chi connectivity index (χ3n) is 3.61. The van der Waals surface area contributed by atoms with Gasteiger partial charge in [0.15, 0.2) is 0 Å². The molecule has 2 unspecified atom stereocenters. The highest BCUT2D eigenvalue weighted by atomic mass is 16.5. The van der Waals surface area contributed by atoms with E-state index in [9.17, 15) is 4.79 Å². The fraction of sp³-hybridized carbons (Fsp3) is 0.500. The van der Waals surface area contributed by atoms with Crippen LogP contribution in [0.1, 0.15) is 36.3 Å². The standard InChI is InChI=1S/C14H19NO2/c1-17-14(16)9-7-12-11-5-3-2-4-10(11)6-8-13(12)15/h2-5,12-13H,6-9,15H2,1H3. The number of aryl methyl sites for hydroxylation is 1. The van der Waals surface area contributed by atoms with E-state index in [0.29, 0.717) is 12.3 Å². The van der Waals surface area contributed by atoms with Crippen molar-refractivity contribution in [1.82, 2.24) is 0 Å². The Hall–Kier alpha value is -1.35. The second-order valence-corrected chi connectivity index (χ2v) is 4.62. The number of fused-ring (bicyclic) bond motifs is 1. The molecule has 1 aromatic carbocycles. The zero-order chi connectivity index (χ0) is 12.3. The van der Waals surface area contributed by atoms with Gasteiger partial charge >= 0.3 is 5.97 Å². The summed E-state index contributed by atoms with van der Waals surface area (Å²) in [6.07, 6.45) is 3.28. The predicted octanol–water partition coefficient (Wildman–Crippen LogP) is 2.00. The van der Waals surface area contributed by atoms with E-state index in [2.05, 4.69) is 22.9 Å². The van der Waals surface area contributed by atoms with Gasteiger partial charge in [-0.15, -0.1) is 0 Å². The van der Waals surface area contributed by atoms with Gasteiger partial charge in [0.25, 0.3) is 0 Å². The molecule has 17 heavy (non-hydrogen) atoms. The average Bonchev–Trinajstić information content (AvgIpc) is 2.37. The van der Waals surface area contributed by atoms with Gasteiger partial charge < -0.3 is 10.5 Å². The zero-order valence-corrected chi connectivity index (χ0v) is 10.2. The van der Waals surface area contributed by atoms with Crippen LogP contribution in [0.2, 0.25) is 0 Å². The Labute approximate surface area is 102 Å². The molecule has 0 spiro atoms. The van der Waals surface area contributed by atoms with Gasteiger partial charge in [-0.25, -0.2) is 0 Å². The van der Waals surface area contributed by atoms with Crippen molar-refractivity contribution in [2.24, 2.45) is 5.73 Å². The lowest BCUT2D eigenvalue weighted by atomic mass is 9.77. The minimum absolute atomic E-state index is 0.153. The monoisotopic (exact) mass is 233 g/mol. The topological polar surface area (TPSA) is 52.3 Å². The number of rotatable bonds is 3. The van der Waals surface area contributed by atoms with E-state index in [4.69, 9.17) is 5.73 Å². The Morgan fingerprint density at radius 1 is 1.47 bits per heavy atom. The van der Waals surface area contributed by atoms with Gasteiger partial charge in [0.2, 0.25) is 0 Å². The third kappa shape index (κ3) is 2.67. The van der Waals surface area contributed by atoms with Crippen LogP contribution < -0.4 is 5.73 Å². The van der Waals surface area contributed by atoms with Gasteiger partial charge in [-0.05, 0) is 36.3 Å². The number of nitrogens with two attached hydrogens (primary N) is 1. The van der Waals surface area contributed by atoms with E-state index in [1.54, 1.807) is 0 Å². The molecule has 0 bridgehead atoms. The van der Waals surface area contributed by atoms with Crippen LogP contribution in [-0.4, -0.2) is 19.1 Å². The average molecular weight is 233 g/mol. The van der Waals surface area contributed by atoms with Crippen LogP contribution in [0.15, 0.2) is 24.3 Å². The van der Waals surface area contributed by atoms with Crippen molar-refractivity contribution in [1.29, 1.82) is 0 Å². The Morgan fingerprint density at radius 2 is 2.24 bits per heavy atom. The molecule has 3 nitrogen and oxygen atoms in total. The van der Waals surface area contributed by atoms with Crippen LogP contribution in [0.5, 0.6) is 0 Å². The van der Waals surface area contributed by atoms with Crippen molar-refractivity contribution in [3.63, 3.8) is 0 Å². The van der Waals surface area contributed by atoms with E-state index >= 15 is 0 Å². The molecule has 92 valence electrons. The minimum Gasteiger partial charge on any atom is -0.469 e. The van der Waals surface area contributed by atoms with Crippen LogP contribution in [0, 0.1) is 0 Å². The molecule has 2 atom stereocenters. The van der Waals surface area contributed by atoms with Gasteiger partial charge in [-0.1, -0.05) is 24.3 Å². The second-order valence-electron chi connectivity index (χ2n) is 4.62. The molecule has 1 aliphatic rings. The Kier molecular flexibility index (Phi) is 3.79. The molecule has 0 fully saturated rings. The van der Waals surface area contributed by atoms with E-state index in [1.807, 2.05) is 6.07 Å². The highest BCUT2D eigenvalue weighted by molar-refractivity contribution is 5.69. The molecular weight excluding hydrogens is 214 g/mol. The molecule has 0 aliphatic heterocycles. The summed E-state index contributed by atoms with van der Waals surface area (Å²) < 4.78 is 4.68. The third-order valence-corrected chi connectivity index (χ3v) is 3.61. The maximum atomic E-state index is 11.2. The first-order chi connectivity index (χ1) is 8.22. The molecule has 1 aromatic rings. The SMILES string of the molecule is COC(=O)CCC1c2ccccc2CCC1N. The van der Waals surface area contributed by atoms with Crippen LogP contribution in [0.4, 0.5) is 0 Å². The Morgan fingerprint density at radius 3 is 3.00 bits per heavy atom. The van der Waals surface area contributed by atoms with Crippen LogP contribution in [-0.2, 0) is 16.0 Å². The number of esters is 1. The fourth-order valence-electron chi connectivity index (χ4n) is 2.62. The summed E-state index contributed by atoms with van der Waals surface area (Å²) in [7, 11) is 1.43. The quantitative estimate of drug-likeness (QED) is 0.812. The zero-order valence-electron chi connectivity index (χ0n) is 10.2. The van der Waals surface area contributed by atoms with Crippen molar-refractivity contribution < 1.29 is 9.53 Å². The van der Waals surface area contributed by atoms with Gasteiger partial charge in [0.1, 0.15) is 0 Å². The van der Waals surface area contributed by atoms with Crippen LogP contribution in [0.25, 0.3) is 0 Å². The normalized spacial score (nSPS) is 22.9. The number of hydrogen-bond acceptors (Lipinski definition) is 3. The summed E-state index contributed by atoms with van der Waals surface area (Å²) in [4.78, 5) is 11.2. The summed E-state index contributed by atoms with van der Waals surface area (Å²) >= 11 is 0. The molecule has 0 heterocycles. The largest absolute Gasteiger partial charge is 0.469 e. The summed E-state index contributed by atoms with van der Waals surface area (Å²) in [5.41, 5.74) is 8.86. The molecule has 0 radical (unpaired) electrons. The summed E-state index contributed by atoms with van der Waals surface area (Å²) in [6, 6.07) is 8.56. The lowest BCUT2D eigenvalue weighted by molar-refractivity contribution is -0.140. The molecule has 0 amide bonds. The summed E-state index contributed by atoms with van der Waals surface area (Å²) in [5, 5.41) is 0. The second kappa shape index (κ2) is 5.32. The first-order valence-electron chi connectivity index (χ1n) is 6.12. The molecule has 0 saturated carbocycles. The van der Waals surface area contributed by atoms with Crippen molar-refractivity contribution >= 4 is 5.97 Å². The van der Waals surface area contributed by atoms with Crippen LogP contribution in [0.3, 0.4) is 0 Å². The van der Waals surface area contributed by atoms with Crippen molar-refractivity contribution in [3.05, 3.63) is 35.4 Å². The van der Waals surface area contributed by atoms with E-state index in [1.165, 1.54) is 18.2 Å².